The third-order valence-corrected chi connectivity index (χ3v) is 5.91. The number of benzene rings is 1. The summed E-state index contributed by atoms with van der Waals surface area (Å²) in [4.78, 5) is 54.9. The Morgan fingerprint density at radius 1 is 1.16 bits per heavy atom. The number of pyridine rings is 1. The Morgan fingerprint density at radius 2 is 1.92 bits per heavy atom. The molecule has 4 amide bonds. The van der Waals surface area contributed by atoms with E-state index in [4.69, 9.17) is 0 Å². The van der Waals surface area contributed by atoms with Gasteiger partial charge in [-0.15, -0.1) is 0 Å². The van der Waals surface area contributed by atoms with Crippen LogP contribution in [0.1, 0.15) is 36.5 Å². The molecule has 0 saturated carbocycles. The Hall–Kier alpha value is -4.11. The number of carbonyl (C=O) groups excluding carboxylic acids is 4. The van der Waals surface area contributed by atoms with Crippen LogP contribution in [0.25, 0.3) is 10.9 Å². The van der Waals surface area contributed by atoms with E-state index in [1.54, 1.807) is 25.2 Å². The number of amides is 4. The number of carbonyl (C=O) groups is 4. The molecule has 1 unspecified atom stereocenters. The second-order valence-electron chi connectivity index (χ2n) is 9.06. The highest BCUT2D eigenvalue weighted by molar-refractivity contribution is 6.08. The van der Waals surface area contributed by atoms with Gasteiger partial charge in [0, 0.05) is 49.6 Å². The molecular weight excluding hydrogens is 481 g/mol. The molecule has 2 atom stereocenters. The van der Waals surface area contributed by atoms with Gasteiger partial charge in [-0.25, -0.2) is 4.39 Å². The summed E-state index contributed by atoms with van der Waals surface area (Å²) in [5, 5.41) is 20.5. The minimum Gasteiger partial charge on any atom is -0.355 e. The number of likely N-dealkylation sites (tertiary alicyclic amines) is 1. The van der Waals surface area contributed by atoms with Crippen molar-refractivity contribution in [3.05, 3.63) is 36.0 Å². The van der Waals surface area contributed by atoms with E-state index in [-0.39, 0.29) is 43.2 Å². The van der Waals surface area contributed by atoms with Crippen LogP contribution in [0.4, 0.5) is 10.1 Å². The van der Waals surface area contributed by atoms with E-state index in [1.807, 2.05) is 6.07 Å². The lowest BCUT2D eigenvalue weighted by atomic mass is 10.1. The maximum Gasteiger partial charge on any atom is 0.252 e. The van der Waals surface area contributed by atoms with Crippen LogP contribution in [0, 0.1) is 11.3 Å². The van der Waals surface area contributed by atoms with Crippen LogP contribution in [-0.4, -0.2) is 78.4 Å². The lowest BCUT2D eigenvalue weighted by Gasteiger charge is -2.20. The molecule has 196 valence electrons. The smallest absolute Gasteiger partial charge is 0.252 e. The van der Waals surface area contributed by atoms with E-state index in [2.05, 4.69) is 26.3 Å². The lowest BCUT2D eigenvalue weighted by Crippen LogP contribution is -2.43. The van der Waals surface area contributed by atoms with Crippen LogP contribution in [0.15, 0.2) is 30.5 Å². The number of halogens is 1. The fourth-order valence-corrected chi connectivity index (χ4v) is 4.06. The SMILES string of the molecule is CNCCNC(=O)CCC(=O)Nc1ccc2nccc(C(=O)NCC(=O)N3CC(C)(F)C[C@H]3C#N)c2c1. The highest BCUT2D eigenvalue weighted by Crippen LogP contribution is 2.30. The zero-order chi connectivity index (χ0) is 27.0. The molecule has 0 spiro atoms. The third-order valence-electron chi connectivity index (χ3n) is 5.91. The van der Waals surface area contributed by atoms with Crippen LogP contribution in [0.3, 0.4) is 0 Å². The number of fused-ring (bicyclic) bond motifs is 1. The Bertz CT molecular complexity index is 1230. The van der Waals surface area contributed by atoms with Crippen molar-refractivity contribution in [2.45, 2.75) is 37.9 Å². The normalized spacial score (nSPS) is 18.8. The minimum absolute atomic E-state index is 0.00989. The number of anilines is 1. The van der Waals surface area contributed by atoms with Crippen LogP contribution >= 0.6 is 0 Å². The molecule has 1 fully saturated rings. The summed E-state index contributed by atoms with van der Waals surface area (Å²) in [6.45, 7) is 1.82. The van der Waals surface area contributed by atoms with E-state index >= 15 is 0 Å². The molecule has 1 saturated heterocycles. The number of hydrogen-bond donors (Lipinski definition) is 4. The van der Waals surface area contributed by atoms with Crippen LogP contribution < -0.4 is 21.3 Å². The predicted molar refractivity (Wildman–Crippen MR) is 134 cm³/mol. The average molecular weight is 512 g/mol. The van der Waals surface area contributed by atoms with Gasteiger partial charge in [-0.05, 0) is 38.2 Å². The highest BCUT2D eigenvalue weighted by atomic mass is 19.1. The van der Waals surface area contributed by atoms with Gasteiger partial charge in [0.15, 0.2) is 0 Å². The Kier molecular flexibility index (Phi) is 9.08. The maximum absolute atomic E-state index is 14.3. The molecule has 1 aliphatic heterocycles. The van der Waals surface area contributed by atoms with Gasteiger partial charge in [-0.2, -0.15) is 5.26 Å². The van der Waals surface area contributed by atoms with E-state index in [9.17, 15) is 28.8 Å². The number of nitrogens with one attached hydrogen (secondary N) is 4. The number of rotatable bonds is 10. The number of alkyl halides is 1. The van der Waals surface area contributed by atoms with Crippen LogP contribution in [0.2, 0.25) is 0 Å². The van der Waals surface area contributed by atoms with Crippen molar-refractivity contribution in [3.8, 4) is 6.07 Å². The first-order chi connectivity index (χ1) is 17.6. The number of aromatic nitrogens is 1. The Morgan fingerprint density at radius 3 is 2.65 bits per heavy atom. The van der Waals surface area contributed by atoms with Gasteiger partial charge in [0.1, 0.15) is 11.7 Å². The average Bonchev–Trinajstić information content (AvgIpc) is 3.20. The Balaban J connectivity index is 1.63. The first-order valence-corrected chi connectivity index (χ1v) is 11.9. The van der Waals surface area contributed by atoms with Gasteiger partial charge in [0.2, 0.25) is 17.7 Å². The number of hydrogen-bond acceptors (Lipinski definition) is 7. The first kappa shape index (κ1) is 27.5. The molecule has 2 heterocycles. The number of nitriles is 1. The molecule has 1 aromatic carbocycles. The third kappa shape index (κ3) is 7.44. The highest BCUT2D eigenvalue weighted by Gasteiger charge is 2.43. The predicted octanol–water partition coefficient (Wildman–Crippen LogP) is 0.872. The first-order valence-electron chi connectivity index (χ1n) is 11.9. The van der Waals surface area contributed by atoms with Crippen molar-refractivity contribution in [3.63, 3.8) is 0 Å². The van der Waals surface area contributed by atoms with Crippen molar-refractivity contribution in [2.75, 3.05) is 38.5 Å². The summed E-state index contributed by atoms with van der Waals surface area (Å²) in [5.74, 6) is -1.70. The second-order valence-corrected chi connectivity index (χ2v) is 9.06. The molecule has 2 aromatic rings. The van der Waals surface area contributed by atoms with Crippen molar-refractivity contribution in [1.82, 2.24) is 25.8 Å². The number of nitrogens with zero attached hydrogens (tertiary/aromatic N) is 3. The summed E-state index contributed by atoms with van der Waals surface area (Å²) in [6, 6.07) is 7.39. The molecule has 4 N–H and O–H groups in total. The summed E-state index contributed by atoms with van der Waals surface area (Å²) in [7, 11) is 1.77. The molecular formula is C25H30FN7O4. The fraction of sp³-hybridized carbons (Fsp3) is 0.440. The minimum atomic E-state index is -1.65. The van der Waals surface area contributed by atoms with Crippen LogP contribution in [-0.2, 0) is 14.4 Å². The topological polar surface area (TPSA) is 156 Å². The summed E-state index contributed by atoms with van der Waals surface area (Å²) in [5.41, 5.74) is -0.509. The lowest BCUT2D eigenvalue weighted by molar-refractivity contribution is -0.130. The summed E-state index contributed by atoms with van der Waals surface area (Å²) in [6.07, 6.45) is 1.40. The van der Waals surface area contributed by atoms with Gasteiger partial charge < -0.3 is 26.2 Å². The van der Waals surface area contributed by atoms with Gasteiger partial charge in [-0.3, -0.25) is 24.2 Å². The zero-order valence-electron chi connectivity index (χ0n) is 20.8. The van der Waals surface area contributed by atoms with Crippen LogP contribution in [0.5, 0.6) is 0 Å². The van der Waals surface area contributed by atoms with E-state index in [0.29, 0.717) is 29.7 Å². The fourth-order valence-electron chi connectivity index (χ4n) is 4.06. The zero-order valence-corrected chi connectivity index (χ0v) is 20.8. The van der Waals surface area contributed by atoms with Crippen molar-refractivity contribution in [2.24, 2.45) is 0 Å². The molecule has 37 heavy (non-hydrogen) atoms. The van der Waals surface area contributed by atoms with Crippen molar-refractivity contribution >= 4 is 40.2 Å². The molecule has 0 bridgehead atoms. The molecule has 1 aliphatic rings. The standard InChI is InChI=1S/C25H30FN7O4/c1-25(26)12-17(13-27)33(15-25)23(36)14-31-24(37)18-7-8-29-20-4-3-16(11-19(18)20)32-22(35)6-5-21(34)30-10-9-28-2/h3-4,7-8,11,17,28H,5-6,9-10,12,14-15H2,1-2H3,(H,30,34)(H,31,37)(H,32,35)/t17-,25?/m0/s1. The monoisotopic (exact) mass is 511 g/mol. The maximum atomic E-state index is 14.3. The molecule has 1 aromatic heterocycles. The molecule has 0 aliphatic carbocycles. The summed E-state index contributed by atoms with van der Waals surface area (Å²) < 4.78 is 14.3. The largest absolute Gasteiger partial charge is 0.355 e. The molecule has 11 nitrogen and oxygen atoms in total. The number of likely N-dealkylation sites (N-methyl/N-ethyl adjacent to an activating group) is 1. The van der Waals surface area contributed by atoms with Crippen molar-refractivity contribution < 1.29 is 23.6 Å². The van der Waals surface area contributed by atoms with Gasteiger partial charge in [0.05, 0.1) is 30.2 Å². The Labute approximate surface area is 213 Å². The van der Waals surface area contributed by atoms with Gasteiger partial charge >= 0.3 is 0 Å². The quantitative estimate of drug-likeness (QED) is 0.345. The van der Waals surface area contributed by atoms with E-state index in [1.165, 1.54) is 19.2 Å². The second kappa shape index (κ2) is 12.2. The van der Waals surface area contributed by atoms with E-state index in [0.717, 1.165) is 4.90 Å². The van der Waals surface area contributed by atoms with E-state index < -0.39 is 30.1 Å². The molecule has 3 rings (SSSR count). The molecule has 12 heteroatoms. The van der Waals surface area contributed by atoms with Gasteiger partial charge in [-0.1, -0.05) is 0 Å². The summed E-state index contributed by atoms with van der Waals surface area (Å²) >= 11 is 0. The van der Waals surface area contributed by atoms with Gasteiger partial charge in [0.25, 0.3) is 5.91 Å². The molecule has 0 radical (unpaired) electrons. The van der Waals surface area contributed by atoms with Crippen molar-refractivity contribution in [1.29, 1.82) is 5.26 Å².